The lowest BCUT2D eigenvalue weighted by Gasteiger charge is -2.23. The standard InChI is InChI=1S/C18H21NO/c1-14-9-11-15(12-10-14)13-17(19(2)3)18(20)16-7-5-4-6-8-16/h4-12,17H,13H2,1-3H3. The van der Waals surface area contributed by atoms with Crippen LogP contribution in [0.25, 0.3) is 0 Å². The highest BCUT2D eigenvalue weighted by atomic mass is 16.1. The van der Waals surface area contributed by atoms with Gasteiger partial charge >= 0.3 is 0 Å². The number of aryl methyl sites for hydroxylation is 1. The summed E-state index contributed by atoms with van der Waals surface area (Å²) < 4.78 is 0. The summed E-state index contributed by atoms with van der Waals surface area (Å²) in [4.78, 5) is 14.6. The van der Waals surface area contributed by atoms with E-state index < -0.39 is 0 Å². The van der Waals surface area contributed by atoms with Gasteiger partial charge in [-0.05, 0) is 33.0 Å². The monoisotopic (exact) mass is 267 g/mol. The molecule has 2 aromatic carbocycles. The number of nitrogens with zero attached hydrogens (tertiary/aromatic N) is 1. The summed E-state index contributed by atoms with van der Waals surface area (Å²) in [6.07, 6.45) is 0.737. The maximum absolute atomic E-state index is 12.6. The molecule has 0 bridgehead atoms. The Hall–Kier alpha value is -1.93. The van der Waals surface area contributed by atoms with E-state index in [0.717, 1.165) is 12.0 Å². The van der Waals surface area contributed by atoms with Crippen molar-refractivity contribution in [2.45, 2.75) is 19.4 Å². The molecule has 0 aliphatic heterocycles. The fraction of sp³-hybridized carbons (Fsp3) is 0.278. The number of benzene rings is 2. The first-order valence-electron chi connectivity index (χ1n) is 6.89. The van der Waals surface area contributed by atoms with Crippen molar-refractivity contribution < 1.29 is 4.79 Å². The molecule has 2 rings (SSSR count). The summed E-state index contributed by atoms with van der Waals surface area (Å²) in [6, 6.07) is 17.8. The zero-order valence-corrected chi connectivity index (χ0v) is 12.3. The summed E-state index contributed by atoms with van der Waals surface area (Å²) in [5, 5.41) is 0. The Bertz CT molecular complexity index is 558. The van der Waals surface area contributed by atoms with Crippen molar-refractivity contribution in [3.8, 4) is 0 Å². The summed E-state index contributed by atoms with van der Waals surface area (Å²) in [5.74, 6) is 0.177. The van der Waals surface area contributed by atoms with Crippen LogP contribution in [-0.2, 0) is 6.42 Å². The van der Waals surface area contributed by atoms with Crippen LogP contribution in [0.15, 0.2) is 54.6 Å². The van der Waals surface area contributed by atoms with Gasteiger partial charge in [-0.3, -0.25) is 9.69 Å². The fourth-order valence-corrected chi connectivity index (χ4v) is 2.25. The van der Waals surface area contributed by atoms with Crippen LogP contribution in [0.4, 0.5) is 0 Å². The normalized spacial score (nSPS) is 12.4. The lowest BCUT2D eigenvalue weighted by atomic mass is 9.96. The van der Waals surface area contributed by atoms with Crippen LogP contribution < -0.4 is 0 Å². The molecule has 0 aromatic heterocycles. The molecule has 20 heavy (non-hydrogen) atoms. The van der Waals surface area contributed by atoms with Crippen molar-refractivity contribution >= 4 is 5.78 Å². The van der Waals surface area contributed by atoms with Gasteiger partial charge in [0.05, 0.1) is 6.04 Å². The Morgan fingerprint density at radius 3 is 2.15 bits per heavy atom. The van der Waals surface area contributed by atoms with Gasteiger partial charge in [-0.2, -0.15) is 0 Å². The quantitative estimate of drug-likeness (QED) is 0.774. The van der Waals surface area contributed by atoms with Crippen molar-refractivity contribution in [1.29, 1.82) is 0 Å². The topological polar surface area (TPSA) is 20.3 Å². The van der Waals surface area contributed by atoms with Crippen molar-refractivity contribution in [3.05, 3.63) is 71.3 Å². The molecule has 0 fully saturated rings. The van der Waals surface area contributed by atoms with E-state index >= 15 is 0 Å². The minimum atomic E-state index is -0.125. The SMILES string of the molecule is Cc1ccc(CC(C(=O)c2ccccc2)N(C)C)cc1. The Morgan fingerprint density at radius 2 is 1.60 bits per heavy atom. The molecule has 0 amide bonds. The second-order valence-corrected chi connectivity index (χ2v) is 5.40. The van der Waals surface area contributed by atoms with Crippen LogP contribution in [0.5, 0.6) is 0 Å². The number of ketones is 1. The molecule has 2 heteroatoms. The third-order valence-corrected chi connectivity index (χ3v) is 3.53. The highest BCUT2D eigenvalue weighted by Crippen LogP contribution is 2.13. The number of likely N-dealkylation sites (N-methyl/N-ethyl adjacent to an activating group) is 1. The van der Waals surface area contributed by atoms with E-state index in [2.05, 4.69) is 31.2 Å². The van der Waals surface area contributed by atoms with Gasteiger partial charge in [0.15, 0.2) is 5.78 Å². The lowest BCUT2D eigenvalue weighted by molar-refractivity contribution is 0.0875. The second-order valence-electron chi connectivity index (χ2n) is 5.40. The summed E-state index contributed by atoms with van der Waals surface area (Å²) >= 11 is 0. The van der Waals surface area contributed by atoms with Gasteiger partial charge < -0.3 is 0 Å². The molecular formula is C18H21NO. The number of hydrogen-bond acceptors (Lipinski definition) is 2. The Kier molecular flexibility index (Phi) is 4.70. The van der Waals surface area contributed by atoms with Gasteiger partial charge in [0.2, 0.25) is 0 Å². The first-order valence-corrected chi connectivity index (χ1v) is 6.89. The molecule has 0 aliphatic carbocycles. The van der Waals surface area contributed by atoms with Gasteiger partial charge in [0, 0.05) is 5.56 Å². The van der Waals surface area contributed by atoms with Crippen LogP contribution in [0.2, 0.25) is 0 Å². The second kappa shape index (κ2) is 6.49. The number of carbonyl (C=O) groups excluding carboxylic acids is 1. The molecule has 2 nitrogen and oxygen atoms in total. The van der Waals surface area contributed by atoms with E-state index in [-0.39, 0.29) is 11.8 Å². The van der Waals surface area contributed by atoms with Gasteiger partial charge in [0.25, 0.3) is 0 Å². The summed E-state index contributed by atoms with van der Waals surface area (Å²) in [5.41, 5.74) is 3.21. The smallest absolute Gasteiger partial charge is 0.180 e. The van der Waals surface area contributed by atoms with Crippen LogP contribution >= 0.6 is 0 Å². The molecule has 0 heterocycles. The van der Waals surface area contributed by atoms with Crippen molar-refractivity contribution in [2.75, 3.05) is 14.1 Å². The van der Waals surface area contributed by atoms with E-state index in [4.69, 9.17) is 0 Å². The van der Waals surface area contributed by atoms with Gasteiger partial charge in [0.1, 0.15) is 0 Å². The molecule has 0 saturated heterocycles. The van der Waals surface area contributed by atoms with Gasteiger partial charge in [-0.1, -0.05) is 60.2 Å². The largest absolute Gasteiger partial charge is 0.299 e. The molecule has 0 radical (unpaired) electrons. The zero-order chi connectivity index (χ0) is 14.5. The number of Topliss-reactive ketones (excluding diaryl/α,β-unsaturated/α-hetero) is 1. The van der Waals surface area contributed by atoms with Crippen LogP contribution in [-0.4, -0.2) is 30.8 Å². The first-order chi connectivity index (χ1) is 9.58. The predicted molar refractivity (Wildman–Crippen MR) is 83.1 cm³/mol. The summed E-state index contributed by atoms with van der Waals surface area (Å²) in [7, 11) is 3.92. The van der Waals surface area contributed by atoms with Crippen LogP contribution in [0.3, 0.4) is 0 Å². The average Bonchev–Trinajstić information content (AvgIpc) is 2.46. The third-order valence-electron chi connectivity index (χ3n) is 3.53. The van der Waals surface area contributed by atoms with Crippen LogP contribution in [0, 0.1) is 6.92 Å². The maximum atomic E-state index is 12.6. The lowest BCUT2D eigenvalue weighted by Crippen LogP contribution is -2.37. The Balaban J connectivity index is 2.19. The minimum absolute atomic E-state index is 0.125. The Labute approximate surface area is 121 Å². The third kappa shape index (κ3) is 3.55. The molecule has 0 aliphatic rings. The van der Waals surface area contributed by atoms with E-state index in [1.807, 2.05) is 49.3 Å². The predicted octanol–water partition coefficient (Wildman–Crippen LogP) is 3.35. The van der Waals surface area contributed by atoms with Crippen molar-refractivity contribution in [1.82, 2.24) is 4.90 Å². The molecule has 104 valence electrons. The molecular weight excluding hydrogens is 246 g/mol. The van der Waals surface area contributed by atoms with Gasteiger partial charge in [-0.15, -0.1) is 0 Å². The fourth-order valence-electron chi connectivity index (χ4n) is 2.25. The highest BCUT2D eigenvalue weighted by molar-refractivity contribution is 6.00. The molecule has 0 spiro atoms. The van der Waals surface area contributed by atoms with E-state index in [0.29, 0.717) is 0 Å². The first kappa shape index (κ1) is 14.5. The maximum Gasteiger partial charge on any atom is 0.180 e. The zero-order valence-electron chi connectivity index (χ0n) is 12.3. The summed E-state index contributed by atoms with van der Waals surface area (Å²) in [6.45, 7) is 2.07. The van der Waals surface area contributed by atoms with E-state index in [1.54, 1.807) is 0 Å². The van der Waals surface area contributed by atoms with Crippen LogP contribution in [0.1, 0.15) is 21.5 Å². The molecule has 1 atom stereocenters. The molecule has 0 N–H and O–H groups in total. The number of carbonyl (C=O) groups is 1. The molecule has 1 unspecified atom stereocenters. The number of hydrogen-bond donors (Lipinski definition) is 0. The Morgan fingerprint density at radius 1 is 1.00 bits per heavy atom. The minimum Gasteiger partial charge on any atom is -0.299 e. The van der Waals surface area contributed by atoms with E-state index in [1.165, 1.54) is 11.1 Å². The van der Waals surface area contributed by atoms with E-state index in [9.17, 15) is 4.79 Å². The van der Waals surface area contributed by atoms with Crippen molar-refractivity contribution in [3.63, 3.8) is 0 Å². The number of rotatable bonds is 5. The average molecular weight is 267 g/mol. The van der Waals surface area contributed by atoms with Crippen molar-refractivity contribution in [2.24, 2.45) is 0 Å². The highest BCUT2D eigenvalue weighted by Gasteiger charge is 2.22. The molecule has 2 aromatic rings. The molecule has 0 saturated carbocycles. The van der Waals surface area contributed by atoms with Gasteiger partial charge in [-0.25, -0.2) is 0 Å².